The van der Waals surface area contributed by atoms with Crippen LogP contribution in [0.1, 0.15) is 26.5 Å². The molecule has 2 aromatic rings. The molecule has 1 aromatic carbocycles. The summed E-state index contributed by atoms with van der Waals surface area (Å²) in [6, 6.07) is 7.03. The average molecular weight is 330 g/mol. The zero-order chi connectivity index (χ0) is 17.9. The second kappa shape index (κ2) is 6.82. The number of amides is 2. The van der Waals surface area contributed by atoms with Crippen LogP contribution in [0.3, 0.4) is 0 Å². The lowest BCUT2D eigenvalue weighted by atomic mass is 10.1. The van der Waals surface area contributed by atoms with E-state index in [1.165, 1.54) is 4.68 Å². The molecular weight excluding hydrogens is 308 g/mol. The molecule has 0 aliphatic heterocycles. The molecule has 0 aliphatic carbocycles. The van der Waals surface area contributed by atoms with Crippen molar-refractivity contribution >= 4 is 22.6 Å². The molecule has 7 nitrogen and oxygen atoms in total. The molecular formula is C17H22N4O3. The SMILES string of the molecule is Cn1nc(CC(=O)NCC(=O)NC(C)(C)C)c2ccccc2c1=O. The maximum Gasteiger partial charge on any atom is 0.274 e. The first-order valence-electron chi connectivity index (χ1n) is 7.70. The molecule has 0 saturated heterocycles. The van der Waals surface area contributed by atoms with E-state index >= 15 is 0 Å². The third-order valence-electron chi connectivity index (χ3n) is 3.32. The Kier molecular flexibility index (Phi) is 5.02. The largest absolute Gasteiger partial charge is 0.350 e. The Bertz CT molecular complexity index is 834. The minimum absolute atomic E-state index is 0.00255. The second-order valence-corrected chi connectivity index (χ2v) is 6.67. The van der Waals surface area contributed by atoms with Gasteiger partial charge < -0.3 is 10.6 Å². The minimum Gasteiger partial charge on any atom is -0.350 e. The summed E-state index contributed by atoms with van der Waals surface area (Å²) in [5.41, 5.74) is -0.0576. The van der Waals surface area contributed by atoms with E-state index in [0.29, 0.717) is 16.5 Å². The van der Waals surface area contributed by atoms with Gasteiger partial charge in [0, 0.05) is 18.0 Å². The van der Waals surface area contributed by atoms with Gasteiger partial charge in [-0.05, 0) is 26.8 Å². The summed E-state index contributed by atoms with van der Waals surface area (Å²) in [4.78, 5) is 35.9. The number of hydrogen-bond donors (Lipinski definition) is 2. The predicted molar refractivity (Wildman–Crippen MR) is 91.6 cm³/mol. The molecule has 2 rings (SSSR count). The van der Waals surface area contributed by atoms with Crippen LogP contribution >= 0.6 is 0 Å². The van der Waals surface area contributed by atoms with Crippen molar-refractivity contribution in [3.05, 3.63) is 40.3 Å². The number of rotatable bonds is 4. The monoisotopic (exact) mass is 330 g/mol. The molecule has 24 heavy (non-hydrogen) atoms. The lowest BCUT2D eigenvalue weighted by Crippen LogP contribution is -2.46. The molecule has 1 aromatic heterocycles. The Morgan fingerprint density at radius 3 is 2.38 bits per heavy atom. The maximum atomic E-state index is 12.1. The minimum atomic E-state index is -0.350. The van der Waals surface area contributed by atoms with E-state index in [4.69, 9.17) is 0 Å². The Morgan fingerprint density at radius 1 is 1.12 bits per heavy atom. The van der Waals surface area contributed by atoms with E-state index < -0.39 is 0 Å². The summed E-state index contributed by atoms with van der Waals surface area (Å²) in [6.07, 6.45) is -0.00255. The molecule has 0 fully saturated rings. The van der Waals surface area contributed by atoms with Gasteiger partial charge in [0.25, 0.3) is 5.56 Å². The van der Waals surface area contributed by atoms with Crippen molar-refractivity contribution in [2.24, 2.45) is 7.05 Å². The third-order valence-corrected chi connectivity index (χ3v) is 3.32. The van der Waals surface area contributed by atoms with Crippen molar-refractivity contribution in [3.8, 4) is 0 Å². The zero-order valence-electron chi connectivity index (χ0n) is 14.3. The van der Waals surface area contributed by atoms with Crippen molar-refractivity contribution in [2.75, 3.05) is 6.54 Å². The Labute approximate surface area is 140 Å². The number of nitrogens with one attached hydrogen (secondary N) is 2. The number of nitrogens with zero attached hydrogens (tertiary/aromatic N) is 2. The van der Waals surface area contributed by atoms with Crippen LogP contribution in [0.25, 0.3) is 10.8 Å². The van der Waals surface area contributed by atoms with Gasteiger partial charge in [0.2, 0.25) is 11.8 Å². The second-order valence-electron chi connectivity index (χ2n) is 6.67. The van der Waals surface area contributed by atoms with Crippen LogP contribution in [0.2, 0.25) is 0 Å². The molecule has 0 bridgehead atoms. The highest BCUT2D eigenvalue weighted by Gasteiger charge is 2.16. The Morgan fingerprint density at radius 2 is 1.75 bits per heavy atom. The van der Waals surface area contributed by atoms with E-state index in [9.17, 15) is 14.4 Å². The molecule has 0 spiro atoms. The number of aryl methyl sites for hydroxylation is 1. The molecule has 0 aliphatic rings. The Balaban J connectivity index is 2.10. The Hall–Kier alpha value is -2.70. The van der Waals surface area contributed by atoms with Crippen molar-refractivity contribution in [1.82, 2.24) is 20.4 Å². The zero-order valence-corrected chi connectivity index (χ0v) is 14.3. The highest BCUT2D eigenvalue weighted by atomic mass is 16.2. The van der Waals surface area contributed by atoms with Gasteiger partial charge in [-0.3, -0.25) is 14.4 Å². The quantitative estimate of drug-likeness (QED) is 0.854. The van der Waals surface area contributed by atoms with Crippen molar-refractivity contribution < 1.29 is 9.59 Å². The van der Waals surface area contributed by atoms with Crippen LogP contribution in [0, 0.1) is 0 Å². The van der Waals surface area contributed by atoms with Crippen LogP contribution in [-0.2, 0) is 23.1 Å². The normalized spacial score (nSPS) is 11.3. The first kappa shape index (κ1) is 17.7. The van der Waals surface area contributed by atoms with Crippen LogP contribution in [0.15, 0.2) is 29.1 Å². The molecule has 0 atom stereocenters. The van der Waals surface area contributed by atoms with Gasteiger partial charge in [0.1, 0.15) is 0 Å². The van der Waals surface area contributed by atoms with Gasteiger partial charge in [0.05, 0.1) is 24.0 Å². The van der Waals surface area contributed by atoms with Crippen molar-refractivity contribution in [3.63, 3.8) is 0 Å². The van der Waals surface area contributed by atoms with Crippen molar-refractivity contribution in [1.29, 1.82) is 0 Å². The smallest absolute Gasteiger partial charge is 0.274 e. The highest BCUT2D eigenvalue weighted by Crippen LogP contribution is 2.13. The van der Waals surface area contributed by atoms with Gasteiger partial charge in [-0.25, -0.2) is 4.68 Å². The number of carbonyl (C=O) groups excluding carboxylic acids is 2. The van der Waals surface area contributed by atoms with E-state index in [1.807, 2.05) is 20.8 Å². The van der Waals surface area contributed by atoms with Crippen molar-refractivity contribution in [2.45, 2.75) is 32.7 Å². The fourth-order valence-electron chi connectivity index (χ4n) is 2.36. The van der Waals surface area contributed by atoms with Gasteiger partial charge in [0.15, 0.2) is 0 Å². The lowest BCUT2D eigenvalue weighted by molar-refractivity contribution is -0.126. The summed E-state index contributed by atoms with van der Waals surface area (Å²) in [5.74, 6) is -0.579. The predicted octanol–water partition coefficient (Wildman–Crippen LogP) is 0.507. The number of fused-ring (bicyclic) bond motifs is 1. The average Bonchev–Trinajstić information content (AvgIpc) is 2.49. The molecule has 2 amide bonds. The third kappa shape index (κ3) is 4.41. The summed E-state index contributed by atoms with van der Waals surface area (Å²) in [6.45, 7) is 5.51. The van der Waals surface area contributed by atoms with E-state index in [2.05, 4.69) is 15.7 Å². The molecule has 0 unspecified atom stereocenters. The molecule has 128 valence electrons. The fraction of sp³-hybridized carbons (Fsp3) is 0.412. The molecule has 7 heteroatoms. The first-order chi connectivity index (χ1) is 11.2. The summed E-state index contributed by atoms with van der Waals surface area (Å²) in [7, 11) is 1.55. The topological polar surface area (TPSA) is 93.1 Å². The molecule has 1 heterocycles. The standard InChI is InChI=1S/C17H22N4O3/c1-17(2,3)19-15(23)10-18-14(22)9-13-11-7-5-6-8-12(11)16(24)21(4)20-13/h5-8H,9-10H2,1-4H3,(H,18,22)(H,19,23). The van der Waals surface area contributed by atoms with Crippen LogP contribution in [-0.4, -0.2) is 33.7 Å². The number of hydrogen-bond acceptors (Lipinski definition) is 4. The lowest BCUT2D eigenvalue weighted by Gasteiger charge is -2.20. The number of benzene rings is 1. The highest BCUT2D eigenvalue weighted by molar-refractivity contribution is 5.90. The molecule has 2 N–H and O–H groups in total. The van der Waals surface area contributed by atoms with E-state index in [-0.39, 0.29) is 35.9 Å². The van der Waals surface area contributed by atoms with Gasteiger partial charge in [-0.15, -0.1) is 0 Å². The summed E-state index contributed by atoms with van der Waals surface area (Å²) < 4.78 is 1.22. The summed E-state index contributed by atoms with van der Waals surface area (Å²) in [5, 5.41) is 10.7. The summed E-state index contributed by atoms with van der Waals surface area (Å²) >= 11 is 0. The molecule has 0 saturated carbocycles. The van der Waals surface area contributed by atoms with Gasteiger partial charge >= 0.3 is 0 Å². The van der Waals surface area contributed by atoms with Gasteiger partial charge in [-0.2, -0.15) is 5.10 Å². The molecule has 0 radical (unpaired) electrons. The van der Waals surface area contributed by atoms with Crippen LogP contribution < -0.4 is 16.2 Å². The van der Waals surface area contributed by atoms with Crippen LogP contribution in [0.4, 0.5) is 0 Å². The van der Waals surface area contributed by atoms with E-state index in [0.717, 1.165) is 0 Å². The number of aromatic nitrogens is 2. The van der Waals surface area contributed by atoms with Gasteiger partial charge in [-0.1, -0.05) is 18.2 Å². The van der Waals surface area contributed by atoms with E-state index in [1.54, 1.807) is 31.3 Å². The van der Waals surface area contributed by atoms with Crippen LogP contribution in [0.5, 0.6) is 0 Å². The fourth-order valence-corrected chi connectivity index (χ4v) is 2.36. The maximum absolute atomic E-state index is 12.1. The first-order valence-corrected chi connectivity index (χ1v) is 7.70. The number of carbonyl (C=O) groups is 2.